The molecule has 3 fully saturated rings. The molecule has 3 aromatic heterocycles. The van der Waals surface area contributed by atoms with Crippen LogP contribution in [-0.4, -0.2) is 25.4 Å². The van der Waals surface area contributed by atoms with Crippen LogP contribution in [-0.2, 0) is 5.41 Å². The van der Waals surface area contributed by atoms with Crippen LogP contribution in [0.1, 0.15) is 78.8 Å². The van der Waals surface area contributed by atoms with Crippen molar-refractivity contribution in [3.05, 3.63) is 67.4 Å². The Kier molecular flexibility index (Phi) is 5.97. The standard InChI is InChI=1S/C26H25Cl2N5O3/c1-14-21(26-8-5-25(13-29,6-9-26)7-10-26)32-22-17(11-16(27)12-33(22)23(14)34)15(2)30-18-3-4-19(28)31-20(18)24(35)36/h3-4,11-12,15,30H,5-10H2,1-2H3,(H,35,36)/t15-,25?,26?/m1/s1. The summed E-state index contributed by atoms with van der Waals surface area (Å²) in [5, 5.41) is 22.9. The van der Waals surface area contributed by atoms with Crippen LogP contribution in [0.2, 0.25) is 10.2 Å². The van der Waals surface area contributed by atoms with Crippen LogP contribution in [0.5, 0.6) is 0 Å². The largest absolute Gasteiger partial charge is 0.476 e. The average Bonchev–Trinajstić information content (AvgIpc) is 2.88. The number of hydrogen-bond donors (Lipinski definition) is 2. The monoisotopic (exact) mass is 525 g/mol. The average molecular weight is 526 g/mol. The molecule has 3 aliphatic carbocycles. The van der Waals surface area contributed by atoms with E-state index in [4.69, 9.17) is 28.2 Å². The molecule has 0 unspecified atom stereocenters. The highest BCUT2D eigenvalue weighted by Crippen LogP contribution is 2.57. The van der Waals surface area contributed by atoms with Crippen molar-refractivity contribution in [3.8, 4) is 6.07 Å². The molecular weight excluding hydrogens is 501 g/mol. The topological polar surface area (TPSA) is 120 Å². The lowest BCUT2D eigenvalue weighted by atomic mass is 9.53. The number of nitrogens with one attached hydrogen (secondary N) is 1. The number of fused-ring (bicyclic) bond motifs is 4. The molecule has 0 amide bonds. The summed E-state index contributed by atoms with van der Waals surface area (Å²) in [5.41, 5.74) is 1.97. The lowest BCUT2D eigenvalue weighted by molar-refractivity contribution is 0.0691. The van der Waals surface area contributed by atoms with Gasteiger partial charge in [0, 0.05) is 22.7 Å². The molecule has 3 heterocycles. The van der Waals surface area contributed by atoms with Gasteiger partial charge in [-0.2, -0.15) is 5.26 Å². The van der Waals surface area contributed by atoms with Gasteiger partial charge in [-0.15, -0.1) is 0 Å². The number of aromatic carboxylic acids is 1. The van der Waals surface area contributed by atoms with Crippen molar-refractivity contribution in [3.63, 3.8) is 0 Å². The second-order valence-electron chi connectivity index (χ2n) is 10.1. The summed E-state index contributed by atoms with van der Waals surface area (Å²) in [5.74, 6) is -1.21. The summed E-state index contributed by atoms with van der Waals surface area (Å²) >= 11 is 12.3. The molecule has 0 saturated heterocycles. The minimum absolute atomic E-state index is 0.0757. The van der Waals surface area contributed by atoms with Crippen molar-refractivity contribution in [2.75, 3.05) is 5.32 Å². The summed E-state index contributed by atoms with van der Waals surface area (Å²) < 4.78 is 1.47. The number of anilines is 1. The molecule has 186 valence electrons. The summed E-state index contributed by atoms with van der Waals surface area (Å²) in [6.45, 7) is 3.66. The third-order valence-electron chi connectivity index (χ3n) is 8.03. The zero-order chi connectivity index (χ0) is 25.8. The van der Waals surface area contributed by atoms with Crippen molar-refractivity contribution < 1.29 is 9.90 Å². The van der Waals surface area contributed by atoms with E-state index in [9.17, 15) is 20.0 Å². The summed E-state index contributed by atoms with van der Waals surface area (Å²) in [6, 6.07) is 6.89. The van der Waals surface area contributed by atoms with Crippen LogP contribution >= 0.6 is 23.2 Å². The smallest absolute Gasteiger partial charge is 0.356 e. The summed E-state index contributed by atoms with van der Waals surface area (Å²) in [4.78, 5) is 34.3. The lowest BCUT2D eigenvalue weighted by Gasteiger charge is -2.50. The highest BCUT2D eigenvalue weighted by molar-refractivity contribution is 6.30. The van der Waals surface area contributed by atoms with E-state index in [1.807, 2.05) is 13.8 Å². The predicted molar refractivity (Wildman–Crippen MR) is 137 cm³/mol. The maximum Gasteiger partial charge on any atom is 0.356 e. The van der Waals surface area contributed by atoms with Crippen LogP contribution in [0.3, 0.4) is 0 Å². The van der Waals surface area contributed by atoms with E-state index >= 15 is 0 Å². The summed E-state index contributed by atoms with van der Waals surface area (Å²) in [6.07, 6.45) is 6.51. The number of nitrogens with zero attached hydrogens (tertiary/aromatic N) is 4. The number of hydrogen-bond acceptors (Lipinski definition) is 6. The van der Waals surface area contributed by atoms with E-state index < -0.39 is 12.0 Å². The second kappa shape index (κ2) is 8.75. The molecular formula is C26H25Cl2N5O3. The van der Waals surface area contributed by atoms with Gasteiger partial charge in [0.1, 0.15) is 10.8 Å². The maximum atomic E-state index is 13.5. The van der Waals surface area contributed by atoms with Gasteiger partial charge in [-0.25, -0.2) is 14.8 Å². The first-order valence-corrected chi connectivity index (χ1v) is 12.6. The molecule has 0 spiro atoms. The first-order chi connectivity index (χ1) is 17.1. The van der Waals surface area contributed by atoms with Gasteiger partial charge in [-0.05, 0) is 70.6 Å². The van der Waals surface area contributed by atoms with Gasteiger partial charge < -0.3 is 10.4 Å². The Morgan fingerprint density at radius 3 is 2.47 bits per heavy atom. The van der Waals surface area contributed by atoms with E-state index in [2.05, 4.69) is 16.4 Å². The Hall–Kier alpha value is -3.15. The van der Waals surface area contributed by atoms with Crippen LogP contribution in [0, 0.1) is 23.7 Å². The molecule has 2 bridgehead atoms. The van der Waals surface area contributed by atoms with Gasteiger partial charge in [0.2, 0.25) is 0 Å². The highest BCUT2D eigenvalue weighted by Gasteiger charge is 2.51. The predicted octanol–water partition coefficient (Wildman–Crippen LogP) is 5.69. The number of pyridine rings is 2. The Morgan fingerprint density at radius 1 is 1.19 bits per heavy atom. The van der Waals surface area contributed by atoms with Crippen LogP contribution in [0.15, 0.2) is 29.2 Å². The molecule has 3 saturated carbocycles. The lowest BCUT2D eigenvalue weighted by Crippen LogP contribution is -2.45. The molecule has 1 atom stereocenters. The number of rotatable bonds is 5. The molecule has 3 aliphatic rings. The first kappa shape index (κ1) is 24.5. The number of carboxylic acid groups (broad SMARTS) is 1. The second-order valence-corrected chi connectivity index (χ2v) is 10.9. The maximum absolute atomic E-state index is 13.5. The first-order valence-electron chi connectivity index (χ1n) is 11.9. The zero-order valence-corrected chi connectivity index (χ0v) is 21.4. The number of aromatic nitrogens is 3. The molecule has 0 radical (unpaired) electrons. The van der Waals surface area contributed by atoms with Gasteiger partial charge in [-0.1, -0.05) is 23.2 Å². The Balaban J connectivity index is 1.62. The molecule has 0 aliphatic heterocycles. The number of nitriles is 1. The zero-order valence-electron chi connectivity index (χ0n) is 19.9. The van der Waals surface area contributed by atoms with Crippen LogP contribution < -0.4 is 10.9 Å². The van der Waals surface area contributed by atoms with Gasteiger partial charge >= 0.3 is 5.97 Å². The quantitative estimate of drug-likeness (QED) is 0.410. The third kappa shape index (κ3) is 3.91. The SMILES string of the molecule is Cc1c(C23CCC(C#N)(CC2)CC3)nc2c([C@@H](C)Nc3ccc(Cl)nc3C(=O)O)cc(Cl)cn2c1=O. The summed E-state index contributed by atoms with van der Waals surface area (Å²) in [7, 11) is 0. The third-order valence-corrected chi connectivity index (χ3v) is 8.45. The minimum atomic E-state index is -1.21. The van der Waals surface area contributed by atoms with E-state index in [-0.39, 0.29) is 27.2 Å². The van der Waals surface area contributed by atoms with Crippen molar-refractivity contribution in [1.82, 2.24) is 14.4 Å². The van der Waals surface area contributed by atoms with Gasteiger partial charge in [0.05, 0.1) is 33.9 Å². The fourth-order valence-corrected chi connectivity index (χ4v) is 6.25. The van der Waals surface area contributed by atoms with Crippen molar-refractivity contribution in [1.29, 1.82) is 5.26 Å². The minimum Gasteiger partial charge on any atom is -0.476 e. The van der Waals surface area contributed by atoms with Crippen LogP contribution in [0.25, 0.3) is 5.65 Å². The molecule has 3 aromatic rings. The number of halogens is 2. The van der Waals surface area contributed by atoms with Gasteiger partial charge in [0.15, 0.2) is 5.69 Å². The fourth-order valence-electron chi connectivity index (χ4n) is 5.89. The normalized spacial score (nSPS) is 23.9. The van der Waals surface area contributed by atoms with E-state index in [1.165, 1.54) is 10.5 Å². The Bertz CT molecular complexity index is 1490. The molecule has 10 heteroatoms. The van der Waals surface area contributed by atoms with Crippen molar-refractivity contribution in [2.45, 2.75) is 63.8 Å². The number of carboxylic acids is 1. The van der Waals surface area contributed by atoms with E-state index in [0.717, 1.165) is 44.2 Å². The number of carbonyl (C=O) groups is 1. The molecule has 0 aromatic carbocycles. The molecule has 36 heavy (non-hydrogen) atoms. The molecule has 2 N–H and O–H groups in total. The Labute approximate surface area is 217 Å². The highest BCUT2D eigenvalue weighted by atomic mass is 35.5. The molecule has 8 nitrogen and oxygen atoms in total. The van der Waals surface area contributed by atoms with Crippen molar-refractivity contribution in [2.24, 2.45) is 5.41 Å². The van der Waals surface area contributed by atoms with E-state index in [1.54, 1.807) is 18.3 Å². The van der Waals surface area contributed by atoms with Gasteiger partial charge in [0.25, 0.3) is 5.56 Å². The van der Waals surface area contributed by atoms with Crippen LogP contribution in [0.4, 0.5) is 5.69 Å². The molecule has 6 rings (SSSR count). The fraction of sp³-hybridized carbons (Fsp3) is 0.423. The van der Waals surface area contributed by atoms with Gasteiger partial charge in [-0.3, -0.25) is 9.20 Å². The van der Waals surface area contributed by atoms with E-state index in [0.29, 0.717) is 27.5 Å². The van der Waals surface area contributed by atoms with Crippen molar-refractivity contribution >= 4 is 40.5 Å². The Morgan fingerprint density at radius 2 is 1.86 bits per heavy atom.